The van der Waals surface area contributed by atoms with E-state index in [-0.39, 0.29) is 13.2 Å². The van der Waals surface area contributed by atoms with Crippen LogP contribution >= 0.6 is 0 Å². The predicted octanol–water partition coefficient (Wildman–Crippen LogP) is 1.75. The Labute approximate surface area is 236 Å². The van der Waals surface area contributed by atoms with Gasteiger partial charge in [-0.1, -0.05) is 60.7 Å². The molecule has 1 aliphatic carbocycles. The van der Waals surface area contributed by atoms with Crippen LogP contribution in [0.4, 0.5) is 9.59 Å². The monoisotopic (exact) mass is 572 g/mol. The first kappa shape index (κ1) is 30.9. The number of aliphatic hydroxyl groups is 1. The average Bonchev–Trinajstić information content (AvgIpc) is 2.93. The molecule has 13 heteroatoms. The van der Waals surface area contributed by atoms with E-state index in [2.05, 4.69) is 10.6 Å². The summed E-state index contributed by atoms with van der Waals surface area (Å²) in [5.41, 5.74) is 1.35. The number of aliphatic hydroxyl groups excluding tert-OH is 1. The van der Waals surface area contributed by atoms with Crippen molar-refractivity contribution in [1.29, 1.82) is 0 Å². The molecule has 2 amide bonds. The molecule has 0 heterocycles. The number of rotatable bonds is 9. The lowest BCUT2D eigenvalue weighted by molar-refractivity contribution is -0.204. The second kappa shape index (κ2) is 14.7. The Balaban J connectivity index is 1.89. The smallest absolute Gasteiger partial charge is 0.407 e. The number of carbonyl (C=O) groups excluding carboxylic acids is 5. The van der Waals surface area contributed by atoms with Gasteiger partial charge in [-0.05, 0) is 11.1 Å². The van der Waals surface area contributed by atoms with Gasteiger partial charge in [-0.2, -0.15) is 0 Å². The zero-order valence-electron chi connectivity index (χ0n) is 22.7. The molecule has 0 unspecified atom stereocenters. The van der Waals surface area contributed by atoms with Gasteiger partial charge >= 0.3 is 30.1 Å². The second-order valence-corrected chi connectivity index (χ2v) is 9.18. The van der Waals surface area contributed by atoms with E-state index < -0.39 is 66.6 Å². The van der Waals surface area contributed by atoms with Crippen LogP contribution in [0.15, 0.2) is 60.7 Å². The number of alkyl carbamates (subject to hydrolysis) is 2. The van der Waals surface area contributed by atoms with Gasteiger partial charge in [-0.3, -0.25) is 14.4 Å². The fourth-order valence-electron chi connectivity index (χ4n) is 4.34. The molecular weight excluding hydrogens is 540 g/mol. The van der Waals surface area contributed by atoms with Gasteiger partial charge in [0.1, 0.15) is 37.5 Å². The summed E-state index contributed by atoms with van der Waals surface area (Å²) in [6, 6.07) is 14.6. The third-order valence-electron chi connectivity index (χ3n) is 5.99. The summed E-state index contributed by atoms with van der Waals surface area (Å²) in [5, 5.41) is 16.1. The Morgan fingerprint density at radius 2 is 1.00 bits per heavy atom. The van der Waals surface area contributed by atoms with Gasteiger partial charge in [-0.25, -0.2) is 9.59 Å². The molecule has 0 saturated heterocycles. The summed E-state index contributed by atoms with van der Waals surface area (Å²) < 4.78 is 26.5. The topological polar surface area (TPSA) is 176 Å². The van der Waals surface area contributed by atoms with Crippen molar-refractivity contribution in [2.75, 3.05) is 0 Å². The number of carbonyl (C=O) groups is 5. The van der Waals surface area contributed by atoms with Crippen molar-refractivity contribution in [2.45, 2.75) is 70.5 Å². The van der Waals surface area contributed by atoms with Crippen LogP contribution in [-0.4, -0.2) is 71.7 Å². The molecule has 0 aromatic heterocycles. The van der Waals surface area contributed by atoms with Gasteiger partial charge in [0.05, 0.1) is 0 Å². The highest BCUT2D eigenvalue weighted by atomic mass is 16.6. The summed E-state index contributed by atoms with van der Waals surface area (Å²) in [4.78, 5) is 61.7. The molecule has 3 rings (SSSR count). The van der Waals surface area contributed by atoms with Crippen molar-refractivity contribution >= 4 is 30.1 Å². The molecule has 0 radical (unpaired) electrons. The fraction of sp³-hybridized carbons (Fsp3) is 0.393. The number of benzene rings is 2. The van der Waals surface area contributed by atoms with Gasteiger partial charge in [0.25, 0.3) is 0 Å². The molecule has 1 aliphatic rings. The Kier molecular flexibility index (Phi) is 11.0. The van der Waals surface area contributed by atoms with E-state index in [1.165, 1.54) is 0 Å². The highest BCUT2D eigenvalue weighted by molar-refractivity contribution is 5.71. The second-order valence-electron chi connectivity index (χ2n) is 9.18. The highest BCUT2D eigenvalue weighted by Gasteiger charge is 2.56. The normalized spacial score (nSPS) is 23.3. The molecule has 220 valence electrons. The largest absolute Gasteiger partial charge is 0.458 e. The van der Waals surface area contributed by atoms with Crippen LogP contribution in [0.25, 0.3) is 0 Å². The van der Waals surface area contributed by atoms with Crippen molar-refractivity contribution in [1.82, 2.24) is 10.6 Å². The first-order valence-electron chi connectivity index (χ1n) is 12.7. The first-order valence-corrected chi connectivity index (χ1v) is 12.7. The molecule has 0 aliphatic heterocycles. The molecule has 41 heavy (non-hydrogen) atoms. The minimum atomic E-state index is -1.77. The van der Waals surface area contributed by atoms with Crippen LogP contribution in [-0.2, 0) is 51.3 Å². The lowest BCUT2D eigenvalue weighted by Gasteiger charge is -2.47. The van der Waals surface area contributed by atoms with Crippen LogP contribution < -0.4 is 10.6 Å². The molecule has 6 atom stereocenters. The van der Waals surface area contributed by atoms with Gasteiger partial charge in [0.2, 0.25) is 0 Å². The van der Waals surface area contributed by atoms with Gasteiger partial charge in [0.15, 0.2) is 12.2 Å². The van der Waals surface area contributed by atoms with Crippen molar-refractivity contribution in [3.63, 3.8) is 0 Å². The van der Waals surface area contributed by atoms with Gasteiger partial charge in [0, 0.05) is 20.8 Å². The first-order chi connectivity index (χ1) is 19.5. The fourth-order valence-corrected chi connectivity index (χ4v) is 4.34. The average molecular weight is 573 g/mol. The Morgan fingerprint density at radius 3 is 1.44 bits per heavy atom. The molecule has 1 fully saturated rings. The lowest BCUT2D eigenvalue weighted by Crippen LogP contribution is -2.73. The number of ether oxygens (including phenoxy) is 5. The van der Waals surface area contributed by atoms with Crippen LogP contribution in [0.2, 0.25) is 0 Å². The summed E-state index contributed by atoms with van der Waals surface area (Å²) in [6.07, 6.45) is -8.44. The molecule has 0 bridgehead atoms. The van der Waals surface area contributed by atoms with Crippen LogP contribution in [0.5, 0.6) is 0 Å². The van der Waals surface area contributed by atoms with Crippen molar-refractivity contribution in [3.8, 4) is 0 Å². The SMILES string of the molecule is CC(=O)O[C@@H]1[C@@H](NC(=O)OCc2ccccc2)[C@H](O)[C@@H](OC(C)=O)[C@H](OC(C)=O)[C@H]1NC(=O)OCc1ccccc1. The standard InChI is InChI=1S/C28H32N2O11/c1-16(31)39-24-21(29-27(35)37-14-19-10-6-4-7-11-19)23(34)26(41-18(3)33)25(40-17(2)32)22(24)30-28(36)38-15-20-12-8-5-9-13-20/h4-13,21-26,34H,14-15H2,1-3H3,(H,29,35)(H,30,36)/t21-,22-,23-,24+,25+,26+/m0/s1. The maximum atomic E-state index is 12.8. The number of amides is 2. The maximum Gasteiger partial charge on any atom is 0.407 e. The Morgan fingerprint density at radius 1 is 0.610 bits per heavy atom. The van der Waals surface area contributed by atoms with Crippen molar-refractivity contribution in [2.24, 2.45) is 0 Å². The summed E-state index contributed by atoms with van der Waals surface area (Å²) >= 11 is 0. The molecule has 2 aromatic carbocycles. The van der Waals surface area contributed by atoms with Crippen molar-refractivity contribution < 1.29 is 52.8 Å². The van der Waals surface area contributed by atoms with Crippen molar-refractivity contribution in [3.05, 3.63) is 71.8 Å². The van der Waals surface area contributed by atoms with E-state index in [1.807, 2.05) is 0 Å². The third kappa shape index (κ3) is 9.21. The number of hydrogen-bond acceptors (Lipinski definition) is 11. The zero-order valence-corrected chi connectivity index (χ0v) is 22.7. The molecule has 3 N–H and O–H groups in total. The summed E-state index contributed by atoms with van der Waals surface area (Å²) in [6.45, 7) is 2.95. The van der Waals surface area contributed by atoms with E-state index in [0.717, 1.165) is 20.8 Å². The van der Waals surface area contributed by atoms with E-state index in [4.69, 9.17) is 23.7 Å². The van der Waals surface area contributed by atoms with Crippen LogP contribution in [0.1, 0.15) is 31.9 Å². The van der Waals surface area contributed by atoms with Crippen LogP contribution in [0, 0.1) is 0 Å². The van der Waals surface area contributed by atoms with E-state index in [0.29, 0.717) is 11.1 Å². The molecule has 0 spiro atoms. The zero-order chi connectivity index (χ0) is 29.9. The third-order valence-corrected chi connectivity index (χ3v) is 5.99. The van der Waals surface area contributed by atoms with E-state index in [1.54, 1.807) is 60.7 Å². The molecule has 2 aromatic rings. The van der Waals surface area contributed by atoms with E-state index >= 15 is 0 Å². The quantitative estimate of drug-likeness (QED) is 0.295. The number of hydrogen-bond donors (Lipinski definition) is 3. The minimum Gasteiger partial charge on any atom is -0.458 e. The Hall–Kier alpha value is -4.65. The lowest BCUT2D eigenvalue weighted by atomic mass is 9.80. The molecule has 1 saturated carbocycles. The summed E-state index contributed by atoms with van der Waals surface area (Å²) in [7, 11) is 0. The maximum absolute atomic E-state index is 12.8. The minimum absolute atomic E-state index is 0.120. The number of esters is 3. The highest BCUT2D eigenvalue weighted by Crippen LogP contribution is 2.29. The molecule has 13 nitrogen and oxygen atoms in total. The van der Waals surface area contributed by atoms with E-state index in [9.17, 15) is 29.1 Å². The van der Waals surface area contributed by atoms with Crippen LogP contribution in [0.3, 0.4) is 0 Å². The van der Waals surface area contributed by atoms with Gasteiger partial charge in [-0.15, -0.1) is 0 Å². The molecular formula is C28H32N2O11. The Bertz CT molecular complexity index is 1210. The summed E-state index contributed by atoms with van der Waals surface area (Å²) in [5.74, 6) is -2.55. The van der Waals surface area contributed by atoms with Gasteiger partial charge < -0.3 is 39.4 Å². The predicted molar refractivity (Wildman–Crippen MR) is 140 cm³/mol. The number of nitrogens with one attached hydrogen (secondary N) is 2.